The number of aromatic nitrogens is 1. The van der Waals surface area contributed by atoms with E-state index in [1.807, 2.05) is 13.1 Å². The first-order valence-corrected chi connectivity index (χ1v) is 7.69. The quantitative estimate of drug-likeness (QED) is 0.791. The smallest absolute Gasteiger partial charge is 0.0509 e. The van der Waals surface area contributed by atoms with Gasteiger partial charge in [0.1, 0.15) is 0 Å². The van der Waals surface area contributed by atoms with Gasteiger partial charge in [-0.3, -0.25) is 9.88 Å². The van der Waals surface area contributed by atoms with Crippen molar-refractivity contribution in [3.05, 3.63) is 23.5 Å². The predicted octanol–water partition coefficient (Wildman–Crippen LogP) is 3.05. The molecule has 1 fully saturated rings. The third-order valence-corrected chi connectivity index (χ3v) is 4.40. The molecule has 106 valence electrons. The normalized spacial score (nSPS) is 18.6. The minimum absolute atomic E-state index is 0.536. The highest BCUT2D eigenvalue weighted by molar-refractivity contribution is 6.17. The molecule has 0 radical (unpaired) electrons. The number of halogens is 1. The number of nitrogens with zero attached hydrogens (tertiary/aromatic N) is 3. The van der Waals surface area contributed by atoms with Crippen LogP contribution in [0.2, 0.25) is 0 Å². The molecule has 2 heterocycles. The third kappa shape index (κ3) is 3.40. The Morgan fingerprint density at radius 3 is 2.58 bits per heavy atom. The first-order chi connectivity index (χ1) is 9.15. The summed E-state index contributed by atoms with van der Waals surface area (Å²) in [5, 5.41) is 0. The topological polar surface area (TPSA) is 19.4 Å². The van der Waals surface area contributed by atoms with Gasteiger partial charge in [0.15, 0.2) is 0 Å². The Morgan fingerprint density at radius 1 is 1.32 bits per heavy atom. The van der Waals surface area contributed by atoms with Gasteiger partial charge in [0.2, 0.25) is 0 Å². The summed E-state index contributed by atoms with van der Waals surface area (Å²) in [4.78, 5) is 9.36. The van der Waals surface area contributed by atoms with Crippen LogP contribution in [0.25, 0.3) is 0 Å². The van der Waals surface area contributed by atoms with Gasteiger partial charge in [-0.2, -0.15) is 0 Å². The summed E-state index contributed by atoms with van der Waals surface area (Å²) in [6, 6.07) is 2.85. The average molecular weight is 282 g/mol. The van der Waals surface area contributed by atoms with E-state index in [2.05, 4.69) is 34.7 Å². The Labute approximate surface area is 121 Å². The van der Waals surface area contributed by atoms with E-state index in [4.69, 9.17) is 11.6 Å². The maximum absolute atomic E-state index is 6.03. The van der Waals surface area contributed by atoms with Gasteiger partial charge in [0, 0.05) is 55.4 Å². The number of hydrogen-bond acceptors (Lipinski definition) is 3. The lowest BCUT2D eigenvalue weighted by Crippen LogP contribution is -2.49. The molecule has 1 saturated heterocycles. The second kappa shape index (κ2) is 6.58. The zero-order valence-corrected chi connectivity index (χ0v) is 13.0. The highest BCUT2D eigenvalue weighted by Crippen LogP contribution is 2.24. The fourth-order valence-corrected chi connectivity index (χ4v) is 2.84. The molecule has 19 heavy (non-hydrogen) atoms. The molecule has 2 rings (SSSR count). The van der Waals surface area contributed by atoms with Crippen LogP contribution in [-0.2, 0) is 5.88 Å². The summed E-state index contributed by atoms with van der Waals surface area (Å²) in [7, 11) is 0. The van der Waals surface area contributed by atoms with Crippen molar-refractivity contribution in [3.63, 3.8) is 0 Å². The molecule has 0 N–H and O–H groups in total. The largest absolute Gasteiger partial charge is 0.369 e. The number of aryl methyl sites for hydroxylation is 1. The number of rotatable bonds is 4. The van der Waals surface area contributed by atoms with Gasteiger partial charge < -0.3 is 4.90 Å². The monoisotopic (exact) mass is 281 g/mol. The third-order valence-electron chi connectivity index (χ3n) is 4.11. The SMILES string of the molecule is CCC(C)N1CCN(c2cc(C)ncc2CCl)CC1. The maximum Gasteiger partial charge on any atom is 0.0509 e. The number of hydrogen-bond donors (Lipinski definition) is 0. The maximum atomic E-state index is 6.03. The fourth-order valence-electron chi connectivity index (χ4n) is 2.63. The van der Waals surface area contributed by atoms with Crippen molar-refractivity contribution in [2.75, 3.05) is 31.1 Å². The second-order valence-corrected chi connectivity index (χ2v) is 5.64. The van der Waals surface area contributed by atoms with Crippen molar-refractivity contribution in [2.45, 2.75) is 39.1 Å². The second-order valence-electron chi connectivity index (χ2n) is 5.37. The molecule has 1 aliphatic rings. The van der Waals surface area contributed by atoms with Crippen LogP contribution in [-0.4, -0.2) is 42.1 Å². The fraction of sp³-hybridized carbons (Fsp3) is 0.667. The molecule has 1 atom stereocenters. The molecule has 4 heteroatoms. The van der Waals surface area contributed by atoms with Gasteiger partial charge in [-0.15, -0.1) is 11.6 Å². The van der Waals surface area contributed by atoms with E-state index in [9.17, 15) is 0 Å². The first kappa shape index (κ1) is 14.6. The molecule has 0 aliphatic carbocycles. The molecule has 0 saturated carbocycles. The first-order valence-electron chi connectivity index (χ1n) is 7.16. The highest BCUT2D eigenvalue weighted by atomic mass is 35.5. The molecular weight excluding hydrogens is 258 g/mol. The molecular formula is C15H24ClN3. The summed E-state index contributed by atoms with van der Waals surface area (Å²) in [6.07, 6.45) is 3.14. The van der Waals surface area contributed by atoms with Gasteiger partial charge in [0.05, 0.1) is 5.88 Å². The Balaban J connectivity index is 2.07. The molecule has 1 aromatic rings. The van der Waals surface area contributed by atoms with Crippen molar-refractivity contribution in [2.24, 2.45) is 0 Å². The van der Waals surface area contributed by atoms with E-state index in [1.54, 1.807) is 0 Å². The molecule has 1 unspecified atom stereocenters. The standard InChI is InChI=1S/C15H24ClN3/c1-4-13(3)18-5-7-19(8-6-18)15-9-12(2)17-11-14(15)10-16/h9,11,13H,4-8,10H2,1-3H3. The minimum Gasteiger partial charge on any atom is -0.369 e. The Bertz CT molecular complexity index is 414. The van der Waals surface area contributed by atoms with Crippen molar-refractivity contribution < 1.29 is 0 Å². The van der Waals surface area contributed by atoms with Crippen LogP contribution < -0.4 is 4.90 Å². The van der Waals surface area contributed by atoms with Crippen LogP contribution in [0.15, 0.2) is 12.3 Å². The molecule has 3 nitrogen and oxygen atoms in total. The molecule has 1 aliphatic heterocycles. The number of piperazine rings is 1. The van der Waals surface area contributed by atoms with Gasteiger partial charge in [0.25, 0.3) is 0 Å². The average Bonchev–Trinajstić information content (AvgIpc) is 2.46. The number of pyridine rings is 1. The molecule has 0 spiro atoms. The summed E-state index contributed by atoms with van der Waals surface area (Å²) < 4.78 is 0. The van der Waals surface area contributed by atoms with Crippen LogP contribution in [0.4, 0.5) is 5.69 Å². The number of alkyl halides is 1. The molecule has 0 amide bonds. The van der Waals surface area contributed by atoms with Crippen LogP contribution in [0, 0.1) is 6.92 Å². The van der Waals surface area contributed by atoms with Crippen molar-refractivity contribution in [1.29, 1.82) is 0 Å². The van der Waals surface area contributed by atoms with Crippen LogP contribution in [0.1, 0.15) is 31.5 Å². The molecule has 1 aromatic heterocycles. The van der Waals surface area contributed by atoms with E-state index in [1.165, 1.54) is 12.1 Å². The Morgan fingerprint density at radius 2 is 2.00 bits per heavy atom. The highest BCUT2D eigenvalue weighted by Gasteiger charge is 2.21. The van der Waals surface area contributed by atoms with Gasteiger partial charge in [-0.05, 0) is 26.3 Å². The summed E-state index contributed by atoms with van der Waals surface area (Å²) in [6.45, 7) is 11.0. The molecule has 0 bridgehead atoms. The minimum atomic E-state index is 0.536. The van der Waals surface area contributed by atoms with Crippen molar-refractivity contribution in [1.82, 2.24) is 9.88 Å². The molecule has 0 aromatic carbocycles. The van der Waals surface area contributed by atoms with E-state index in [0.717, 1.165) is 37.4 Å². The summed E-state index contributed by atoms with van der Waals surface area (Å²) in [5.41, 5.74) is 3.48. The van der Waals surface area contributed by atoms with Crippen molar-refractivity contribution >= 4 is 17.3 Å². The van der Waals surface area contributed by atoms with Crippen molar-refractivity contribution in [3.8, 4) is 0 Å². The van der Waals surface area contributed by atoms with Gasteiger partial charge in [-0.1, -0.05) is 6.92 Å². The van der Waals surface area contributed by atoms with E-state index >= 15 is 0 Å². The lowest BCUT2D eigenvalue weighted by Gasteiger charge is -2.39. The van der Waals surface area contributed by atoms with E-state index in [-0.39, 0.29) is 0 Å². The Kier molecular flexibility index (Phi) is 5.06. The van der Waals surface area contributed by atoms with Gasteiger partial charge in [-0.25, -0.2) is 0 Å². The zero-order chi connectivity index (χ0) is 13.8. The zero-order valence-electron chi connectivity index (χ0n) is 12.2. The summed E-state index contributed by atoms with van der Waals surface area (Å²) in [5.74, 6) is 0.536. The lowest BCUT2D eigenvalue weighted by molar-refractivity contribution is 0.192. The lowest BCUT2D eigenvalue weighted by atomic mass is 10.1. The van der Waals surface area contributed by atoms with Crippen LogP contribution in [0.3, 0.4) is 0 Å². The summed E-state index contributed by atoms with van der Waals surface area (Å²) >= 11 is 6.03. The van der Waals surface area contributed by atoms with Gasteiger partial charge >= 0.3 is 0 Å². The van der Waals surface area contributed by atoms with E-state index in [0.29, 0.717) is 11.9 Å². The van der Waals surface area contributed by atoms with E-state index < -0.39 is 0 Å². The predicted molar refractivity (Wildman–Crippen MR) is 82.1 cm³/mol. The Hall–Kier alpha value is -0.800. The van der Waals surface area contributed by atoms with Crippen LogP contribution in [0.5, 0.6) is 0 Å². The van der Waals surface area contributed by atoms with Crippen LogP contribution >= 0.6 is 11.6 Å². The number of anilines is 1.